The Morgan fingerprint density at radius 1 is 1.47 bits per heavy atom. The smallest absolute Gasteiger partial charge is 0.0767 e. The standard InChI is InChI=1S/C10H17BrN2OS/c1-3-8-10(11)9(7-15-6-5-14)13(4-2)12-8/h14H,3-7H2,1-2H3. The molecule has 1 aromatic rings. The predicted molar refractivity (Wildman–Crippen MR) is 68.2 cm³/mol. The van der Waals surface area contributed by atoms with Gasteiger partial charge in [0.15, 0.2) is 0 Å². The summed E-state index contributed by atoms with van der Waals surface area (Å²) >= 11 is 5.33. The van der Waals surface area contributed by atoms with E-state index >= 15 is 0 Å². The molecule has 86 valence electrons. The Morgan fingerprint density at radius 2 is 2.20 bits per heavy atom. The Balaban J connectivity index is 2.78. The lowest BCUT2D eigenvalue weighted by Crippen LogP contribution is -2.02. The number of aryl methyl sites for hydroxylation is 2. The van der Waals surface area contributed by atoms with Crippen LogP contribution in [0.25, 0.3) is 0 Å². The summed E-state index contributed by atoms with van der Waals surface area (Å²) in [5.41, 5.74) is 2.35. The van der Waals surface area contributed by atoms with Crippen LogP contribution in [0.5, 0.6) is 0 Å². The summed E-state index contributed by atoms with van der Waals surface area (Å²) < 4.78 is 3.17. The van der Waals surface area contributed by atoms with E-state index < -0.39 is 0 Å². The lowest BCUT2D eigenvalue weighted by atomic mass is 10.3. The van der Waals surface area contributed by atoms with Gasteiger partial charge in [0, 0.05) is 18.1 Å². The summed E-state index contributed by atoms with van der Waals surface area (Å²) in [7, 11) is 0. The van der Waals surface area contributed by atoms with Crippen LogP contribution in [0.2, 0.25) is 0 Å². The van der Waals surface area contributed by atoms with E-state index in [1.54, 1.807) is 11.8 Å². The Kier molecular flexibility index (Phi) is 5.71. The third kappa shape index (κ3) is 3.23. The van der Waals surface area contributed by atoms with Crippen LogP contribution in [0.15, 0.2) is 4.47 Å². The predicted octanol–water partition coefficient (Wildman–Crippen LogP) is 2.45. The maximum Gasteiger partial charge on any atom is 0.0767 e. The van der Waals surface area contributed by atoms with Crippen molar-refractivity contribution in [1.29, 1.82) is 0 Å². The van der Waals surface area contributed by atoms with Crippen molar-refractivity contribution >= 4 is 27.7 Å². The summed E-state index contributed by atoms with van der Waals surface area (Å²) in [6.07, 6.45) is 0.950. The molecular formula is C10H17BrN2OS. The van der Waals surface area contributed by atoms with E-state index in [9.17, 15) is 0 Å². The van der Waals surface area contributed by atoms with E-state index in [0.29, 0.717) is 0 Å². The molecular weight excluding hydrogens is 276 g/mol. The first-order valence-corrected chi connectivity index (χ1v) is 7.12. The molecule has 1 rings (SSSR count). The molecule has 0 amide bonds. The van der Waals surface area contributed by atoms with E-state index in [2.05, 4.69) is 34.9 Å². The summed E-state index contributed by atoms with van der Waals surface area (Å²) in [6.45, 7) is 5.34. The van der Waals surface area contributed by atoms with Gasteiger partial charge in [-0.15, -0.1) is 0 Å². The number of hydrogen-bond acceptors (Lipinski definition) is 3. The Bertz CT molecular complexity index is 315. The molecule has 0 saturated heterocycles. The van der Waals surface area contributed by atoms with Gasteiger partial charge in [-0.2, -0.15) is 16.9 Å². The normalized spacial score (nSPS) is 10.9. The average molecular weight is 293 g/mol. The second-order valence-corrected chi connectivity index (χ2v) is 5.05. The summed E-state index contributed by atoms with van der Waals surface area (Å²) in [5, 5.41) is 13.3. The molecule has 0 bridgehead atoms. The topological polar surface area (TPSA) is 38.0 Å². The minimum atomic E-state index is 0.239. The van der Waals surface area contributed by atoms with Crippen molar-refractivity contribution in [1.82, 2.24) is 9.78 Å². The molecule has 0 aliphatic heterocycles. The number of thioether (sulfide) groups is 1. The Morgan fingerprint density at radius 3 is 2.73 bits per heavy atom. The molecule has 15 heavy (non-hydrogen) atoms. The summed E-state index contributed by atoms with van der Waals surface area (Å²) in [5.74, 6) is 1.69. The lowest BCUT2D eigenvalue weighted by Gasteiger charge is -2.04. The van der Waals surface area contributed by atoms with Crippen LogP contribution in [0.3, 0.4) is 0 Å². The number of halogens is 1. The SMILES string of the molecule is CCc1nn(CC)c(CSCCO)c1Br. The number of rotatable bonds is 6. The fourth-order valence-electron chi connectivity index (χ4n) is 1.39. The molecule has 0 spiro atoms. The number of aliphatic hydroxyl groups excluding tert-OH is 1. The van der Waals surface area contributed by atoms with Gasteiger partial charge in [0.25, 0.3) is 0 Å². The van der Waals surface area contributed by atoms with E-state index in [0.717, 1.165) is 34.6 Å². The minimum absolute atomic E-state index is 0.239. The molecule has 0 radical (unpaired) electrons. The van der Waals surface area contributed by atoms with E-state index in [1.807, 2.05) is 4.68 Å². The van der Waals surface area contributed by atoms with Crippen LogP contribution in [-0.2, 0) is 18.7 Å². The molecule has 5 heteroatoms. The third-order valence-corrected chi connectivity index (χ3v) is 4.03. The first-order valence-electron chi connectivity index (χ1n) is 5.17. The molecule has 1 N–H and O–H groups in total. The summed E-state index contributed by atoms with van der Waals surface area (Å²) in [4.78, 5) is 0. The zero-order valence-corrected chi connectivity index (χ0v) is 11.6. The number of hydrogen-bond donors (Lipinski definition) is 1. The van der Waals surface area contributed by atoms with Crippen molar-refractivity contribution in [2.45, 2.75) is 32.6 Å². The van der Waals surface area contributed by atoms with Crippen molar-refractivity contribution in [3.63, 3.8) is 0 Å². The van der Waals surface area contributed by atoms with Crippen molar-refractivity contribution in [3.05, 3.63) is 15.9 Å². The molecule has 0 aromatic carbocycles. The van der Waals surface area contributed by atoms with Gasteiger partial charge in [-0.25, -0.2) is 0 Å². The molecule has 0 unspecified atom stereocenters. The first-order chi connectivity index (χ1) is 7.24. The maximum atomic E-state index is 8.74. The molecule has 0 aliphatic carbocycles. The molecule has 0 atom stereocenters. The number of aliphatic hydroxyl groups is 1. The quantitative estimate of drug-likeness (QED) is 0.819. The number of nitrogens with zero attached hydrogens (tertiary/aromatic N) is 2. The number of aromatic nitrogens is 2. The molecule has 0 saturated carbocycles. The Hall–Kier alpha value is -0.0000000000000000555. The van der Waals surface area contributed by atoms with Crippen molar-refractivity contribution in [2.75, 3.05) is 12.4 Å². The van der Waals surface area contributed by atoms with Gasteiger partial charge in [0.05, 0.1) is 22.5 Å². The van der Waals surface area contributed by atoms with Crippen LogP contribution in [0.4, 0.5) is 0 Å². The van der Waals surface area contributed by atoms with Crippen LogP contribution < -0.4 is 0 Å². The van der Waals surface area contributed by atoms with E-state index in [4.69, 9.17) is 5.11 Å². The van der Waals surface area contributed by atoms with Crippen molar-refractivity contribution < 1.29 is 5.11 Å². The highest BCUT2D eigenvalue weighted by atomic mass is 79.9. The fraction of sp³-hybridized carbons (Fsp3) is 0.700. The van der Waals surface area contributed by atoms with Crippen molar-refractivity contribution in [2.24, 2.45) is 0 Å². The Labute approximate surface area is 103 Å². The average Bonchev–Trinajstić information content (AvgIpc) is 2.56. The highest BCUT2D eigenvalue weighted by molar-refractivity contribution is 9.10. The zero-order valence-electron chi connectivity index (χ0n) is 9.16. The van der Waals surface area contributed by atoms with Gasteiger partial charge in [-0.1, -0.05) is 6.92 Å². The molecule has 1 heterocycles. The highest BCUT2D eigenvalue weighted by Crippen LogP contribution is 2.25. The van der Waals surface area contributed by atoms with E-state index in [1.165, 1.54) is 5.69 Å². The molecule has 0 fully saturated rings. The fourth-order valence-corrected chi connectivity index (χ4v) is 3.04. The zero-order chi connectivity index (χ0) is 11.3. The van der Waals surface area contributed by atoms with Gasteiger partial charge < -0.3 is 5.11 Å². The van der Waals surface area contributed by atoms with Gasteiger partial charge in [0.2, 0.25) is 0 Å². The minimum Gasteiger partial charge on any atom is -0.396 e. The molecule has 3 nitrogen and oxygen atoms in total. The lowest BCUT2D eigenvalue weighted by molar-refractivity contribution is 0.322. The largest absolute Gasteiger partial charge is 0.396 e. The monoisotopic (exact) mass is 292 g/mol. The van der Waals surface area contributed by atoms with Gasteiger partial charge in [-0.05, 0) is 29.3 Å². The van der Waals surface area contributed by atoms with Gasteiger partial charge in [0.1, 0.15) is 0 Å². The maximum absolute atomic E-state index is 8.74. The molecule has 0 aliphatic rings. The van der Waals surface area contributed by atoms with Crippen LogP contribution in [-0.4, -0.2) is 27.2 Å². The van der Waals surface area contributed by atoms with Crippen molar-refractivity contribution in [3.8, 4) is 0 Å². The van der Waals surface area contributed by atoms with Crippen LogP contribution in [0, 0.1) is 0 Å². The first kappa shape index (κ1) is 13.1. The van der Waals surface area contributed by atoms with Gasteiger partial charge >= 0.3 is 0 Å². The highest BCUT2D eigenvalue weighted by Gasteiger charge is 2.13. The third-order valence-electron chi connectivity index (χ3n) is 2.17. The van der Waals surface area contributed by atoms with Gasteiger partial charge in [-0.3, -0.25) is 4.68 Å². The summed E-state index contributed by atoms with van der Waals surface area (Å²) in [6, 6.07) is 0. The molecule has 1 aromatic heterocycles. The van der Waals surface area contributed by atoms with E-state index in [-0.39, 0.29) is 6.61 Å². The van der Waals surface area contributed by atoms with Crippen LogP contribution in [0.1, 0.15) is 25.2 Å². The van der Waals surface area contributed by atoms with Crippen LogP contribution >= 0.6 is 27.7 Å². The second-order valence-electron chi connectivity index (χ2n) is 3.15. The second kappa shape index (κ2) is 6.55.